The van der Waals surface area contributed by atoms with Crippen LogP contribution in [0.15, 0.2) is 10.4 Å². The number of piperidine rings is 1. The maximum atomic E-state index is 12.3. The molecule has 6 nitrogen and oxygen atoms in total. The molecule has 27 heavy (non-hydrogen) atoms. The summed E-state index contributed by atoms with van der Waals surface area (Å²) in [4.78, 5) is 18.6. The Morgan fingerprint density at radius 3 is 2.93 bits per heavy atom. The Balaban J connectivity index is 1.45. The minimum atomic E-state index is -0.455. The molecule has 2 saturated heterocycles. The van der Waals surface area contributed by atoms with Crippen molar-refractivity contribution in [3.63, 3.8) is 0 Å². The van der Waals surface area contributed by atoms with Crippen molar-refractivity contribution in [2.45, 2.75) is 62.3 Å². The number of amides is 1. The molecule has 0 aliphatic carbocycles. The van der Waals surface area contributed by atoms with Crippen LogP contribution in [0.25, 0.3) is 0 Å². The highest BCUT2D eigenvalue weighted by molar-refractivity contribution is 8.01. The number of thiazole rings is 1. The Morgan fingerprint density at radius 1 is 1.41 bits per heavy atom. The van der Waals surface area contributed by atoms with Gasteiger partial charge >= 0.3 is 6.09 Å². The van der Waals surface area contributed by atoms with Crippen LogP contribution in [0.1, 0.15) is 46.5 Å². The second-order valence-electron chi connectivity index (χ2n) is 8.26. The van der Waals surface area contributed by atoms with Gasteiger partial charge in [-0.05, 0) is 52.4 Å². The lowest BCUT2D eigenvalue weighted by Gasteiger charge is -2.34. The highest BCUT2D eigenvalue weighted by Crippen LogP contribution is 2.32. The van der Waals surface area contributed by atoms with Crippen molar-refractivity contribution in [3.05, 3.63) is 6.20 Å². The number of rotatable bonds is 5. The molecular formula is C19H31N3O3S2. The van der Waals surface area contributed by atoms with E-state index in [-0.39, 0.29) is 12.1 Å². The van der Waals surface area contributed by atoms with Gasteiger partial charge in [-0.3, -0.25) is 0 Å². The highest BCUT2D eigenvalue weighted by Gasteiger charge is 2.28. The van der Waals surface area contributed by atoms with Crippen LogP contribution < -0.4 is 5.32 Å². The number of carbonyl (C=O) groups is 1. The first kappa shape index (κ1) is 20.7. The smallest absolute Gasteiger partial charge is 0.410 e. The number of hydrogen-bond acceptors (Lipinski definition) is 7. The fourth-order valence-corrected chi connectivity index (χ4v) is 5.43. The second kappa shape index (κ2) is 9.47. The Hall–Kier alpha value is -0.990. The lowest BCUT2D eigenvalue weighted by Crippen LogP contribution is -2.46. The van der Waals surface area contributed by atoms with E-state index >= 15 is 0 Å². The molecule has 0 saturated carbocycles. The number of aromatic nitrogens is 1. The molecule has 0 unspecified atom stereocenters. The Kier molecular flexibility index (Phi) is 7.28. The number of carbonyl (C=O) groups excluding carboxylic acids is 1. The molecule has 1 amide bonds. The van der Waals surface area contributed by atoms with Gasteiger partial charge in [-0.15, -0.1) is 11.8 Å². The first-order valence-corrected chi connectivity index (χ1v) is 11.6. The van der Waals surface area contributed by atoms with Crippen molar-refractivity contribution in [2.75, 3.05) is 37.4 Å². The van der Waals surface area contributed by atoms with Crippen LogP contribution in [0.5, 0.6) is 0 Å². The summed E-state index contributed by atoms with van der Waals surface area (Å²) in [7, 11) is 0. The molecule has 2 fully saturated rings. The van der Waals surface area contributed by atoms with Crippen LogP contribution in [-0.2, 0) is 9.47 Å². The summed E-state index contributed by atoms with van der Waals surface area (Å²) in [6.07, 6.45) is 6.10. The molecule has 3 rings (SSSR count). The normalized spacial score (nSPS) is 21.9. The van der Waals surface area contributed by atoms with Crippen molar-refractivity contribution >= 4 is 34.3 Å². The lowest BCUT2D eigenvalue weighted by atomic mass is 10.0. The minimum absolute atomic E-state index is 0.221. The van der Waals surface area contributed by atoms with Crippen molar-refractivity contribution in [2.24, 2.45) is 5.92 Å². The topological polar surface area (TPSA) is 63.7 Å². The van der Waals surface area contributed by atoms with Crippen LogP contribution in [0.3, 0.4) is 0 Å². The van der Waals surface area contributed by atoms with Crippen LogP contribution in [0.4, 0.5) is 9.93 Å². The average molecular weight is 414 g/mol. The van der Waals surface area contributed by atoms with Crippen molar-refractivity contribution in [1.29, 1.82) is 0 Å². The Morgan fingerprint density at radius 2 is 2.19 bits per heavy atom. The van der Waals surface area contributed by atoms with Gasteiger partial charge in [0.05, 0.1) is 10.4 Å². The standard InChI is InChI=1S/C19H31N3O3S2/c1-19(2,3)25-18(23)22-8-4-5-15(12-22)21-17-20-11-16(27-17)26-13-14-6-9-24-10-7-14/h11,14-15H,4-10,12-13H2,1-3H3,(H,20,21)/t15-/m1/s1. The Bertz CT molecular complexity index is 612. The monoisotopic (exact) mass is 413 g/mol. The van der Waals surface area contributed by atoms with Crippen molar-refractivity contribution in [1.82, 2.24) is 9.88 Å². The fraction of sp³-hybridized carbons (Fsp3) is 0.789. The molecule has 3 heterocycles. The molecule has 8 heteroatoms. The maximum Gasteiger partial charge on any atom is 0.410 e. The summed E-state index contributed by atoms with van der Waals surface area (Å²) in [5.41, 5.74) is -0.455. The van der Waals surface area contributed by atoms with Gasteiger partial charge in [-0.2, -0.15) is 0 Å². The SMILES string of the molecule is CC(C)(C)OC(=O)N1CCC[C@@H](Nc2ncc(SCC3CCOCC3)s2)C1. The number of anilines is 1. The third-order valence-corrected chi connectivity index (χ3v) is 7.04. The van der Waals surface area contributed by atoms with Gasteiger partial charge in [0.1, 0.15) is 5.60 Å². The molecule has 1 aromatic rings. The predicted octanol–water partition coefficient (Wildman–Crippen LogP) is 4.47. The zero-order valence-corrected chi connectivity index (χ0v) is 18.2. The van der Waals surface area contributed by atoms with E-state index in [1.54, 1.807) is 16.2 Å². The van der Waals surface area contributed by atoms with E-state index < -0.39 is 5.60 Å². The van der Waals surface area contributed by atoms with E-state index in [1.165, 1.54) is 17.1 Å². The summed E-state index contributed by atoms with van der Waals surface area (Å²) in [6.45, 7) is 8.93. The zero-order chi connectivity index (χ0) is 19.3. The number of thioether (sulfide) groups is 1. The van der Waals surface area contributed by atoms with E-state index in [0.29, 0.717) is 6.54 Å². The van der Waals surface area contributed by atoms with E-state index in [1.807, 2.05) is 38.7 Å². The van der Waals surface area contributed by atoms with Crippen molar-refractivity contribution < 1.29 is 14.3 Å². The van der Waals surface area contributed by atoms with Gasteiger partial charge < -0.3 is 19.7 Å². The molecule has 1 atom stereocenters. The van der Waals surface area contributed by atoms with Gasteiger partial charge in [0.25, 0.3) is 0 Å². The van der Waals surface area contributed by atoms with Gasteiger partial charge in [0.15, 0.2) is 5.13 Å². The quantitative estimate of drug-likeness (QED) is 0.719. The number of likely N-dealkylation sites (tertiary alicyclic amines) is 1. The first-order chi connectivity index (χ1) is 12.9. The van der Waals surface area contributed by atoms with Gasteiger partial charge in [0, 0.05) is 38.1 Å². The molecule has 1 aromatic heterocycles. The Labute approximate surface area is 170 Å². The number of hydrogen-bond donors (Lipinski definition) is 1. The molecule has 0 radical (unpaired) electrons. The molecule has 0 spiro atoms. The molecule has 2 aliphatic rings. The van der Waals surface area contributed by atoms with Gasteiger partial charge in [-0.1, -0.05) is 11.3 Å². The third-order valence-electron chi connectivity index (χ3n) is 4.69. The van der Waals surface area contributed by atoms with Crippen LogP contribution in [-0.4, -0.2) is 59.7 Å². The summed E-state index contributed by atoms with van der Waals surface area (Å²) < 4.78 is 12.2. The highest BCUT2D eigenvalue weighted by atomic mass is 32.2. The van der Waals surface area contributed by atoms with Crippen molar-refractivity contribution in [3.8, 4) is 0 Å². The molecule has 1 N–H and O–H groups in total. The number of nitrogens with one attached hydrogen (secondary N) is 1. The first-order valence-electron chi connectivity index (χ1n) is 9.80. The lowest BCUT2D eigenvalue weighted by molar-refractivity contribution is 0.0206. The van der Waals surface area contributed by atoms with E-state index in [0.717, 1.165) is 49.4 Å². The summed E-state index contributed by atoms with van der Waals surface area (Å²) in [5.74, 6) is 1.89. The predicted molar refractivity (Wildman–Crippen MR) is 111 cm³/mol. The van der Waals surface area contributed by atoms with E-state index in [2.05, 4.69) is 10.3 Å². The van der Waals surface area contributed by atoms with Gasteiger partial charge in [-0.25, -0.2) is 9.78 Å². The fourth-order valence-electron chi connectivity index (χ4n) is 3.27. The largest absolute Gasteiger partial charge is 0.444 e. The van der Waals surface area contributed by atoms with Crippen LogP contribution in [0.2, 0.25) is 0 Å². The molecule has 152 valence electrons. The molecular weight excluding hydrogens is 382 g/mol. The van der Waals surface area contributed by atoms with E-state index in [9.17, 15) is 4.79 Å². The van der Waals surface area contributed by atoms with Crippen LogP contribution >= 0.6 is 23.1 Å². The summed E-state index contributed by atoms with van der Waals surface area (Å²) >= 11 is 3.61. The molecule has 2 aliphatic heterocycles. The minimum Gasteiger partial charge on any atom is -0.444 e. The second-order valence-corrected chi connectivity index (χ2v) is 10.6. The average Bonchev–Trinajstić information content (AvgIpc) is 3.07. The number of ether oxygens (including phenoxy) is 2. The van der Waals surface area contributed by atoms with Gasteiger partial charge in [0.2, 0.25) is 0 Å². The molecule has 0 bridgehead atoms. The van der Waals surface area contributed by atoms with Crippen LogP contribution in [0, 0.1) is 5.92 Å². The summed E-state index contributed by atoms with van der Waals surface area (Å²) in [5, 5.41) is 4.46. The summed E-state index contributed by atoms with van der Waals surface area (Å²) in [6, 6.07) is 0.228. The molecule has 0 aromatic carbocycles. The maximum absolute atomic E-state index is 12.3. The van der Waals surface area contributed by atoms with E-state index in [4.69, 9.17) is 9.47 Å². The zero-order valence-electron chi connectivity index (χ0n) is 16.5. The number of nitrogens with zero attached hydrogens (tertiary/aromatic N) is 2. The third kappa shape index (κ3) is 6.84.